The summed E-state index contributed by atoms with van der Waals surface area (Å²) in [5, 5.41) is 5.34. The van der Waals surface area contributed by atoms with Gasteiger partial charge in [-0.15, -0.1) is 0 Å². The number of benzene rings is 2. The highest BCUT2D eigenvalue weighted by atomic mass is 16.5. The molecule has 1 saturated carbocycles. The Morgan fingerprint density at radius 3 is 2.50 bits per heavy atom. The van der Waals surface area contributed by atoms with E-state index in [1.165, 1.54) is 37.7 Å². The van der Waals surface area contributed by atoms with Crippen molar-refractivity contribution in [2.24, 2.45) is 4.99 Å². The molecule has 2 aromatic rings. The quantitative estimate of drug-likeness (QED) is 0.718. The van der Waals surface area contributed by atoms with E-state index in [9.17, 15) is 0 Å². The third-order valence-electron chi connectivity index (χ3n) is 5.43. The molecule has 1 aliphatic heterocycles. The second-order valence-electron chi connectivity index (χ2n) is 7.23. The number of nitrogens with zero attached hydrogens (tertiary/aromatic N) is 2. The van der Waals surface area contributed by atoms with Gasteiger partial charge in [0.2, 0.25) is 5.96 Å². The number of hydrazine groups is 1. The lowest BCUT2D eigenvalue weighted by molar-refractivity contribution is 0.415. The molecular weight excluding hydrogens is 348 g/mol. The molecule has 28 heavy (non-hydrogen) atoms. The predicted octanol–water partition coefficient (Wildman–Crippen LogP) is 4.98. The number of anilines is 2. The molecule has 0 aromatic heterocycles. The Balaban J connectivity index is 0.00000225. The molecule has 0 radical (unpaired) electrons. The molecule has 1 fully saturated rings. The van der Waals surface area contributed by atoms with E-state index in [-0.39, 0.29) is 7.43 Å². The van der Waals surface area contributed by atoms with Gasteiger partial charge in [0, 0.05) is 12.6 Å². The zero-order chi connectivity index (χ0) is 18.5. The Morgan fingerprint density at radius 2 is 1.82 bits per heavy atom. The maximum atomic E-state index is 5.41. The number of guanidine groups is 1. The van der Waals surface area contributed by atoms with E-state index in [2.05, 4.69) is 51.1 Å². The lowest BCUT2D eigenvalue weighted by Crippen LogP contribution is -2.44. The van der Waals surface area contributed by atoms with Crippen LogP contribution in [0.4, 0.5) is 11.4 Å². The predicted molar refractivity (Wildman–Crippen MR) is 118 cm³/mol. The highest BCUT2D eigenvalue weighted by molar-refractivity contribution is 5.85. The van der Waals surface area contributed by atoms with Gasteiger partial charge in [-0.1, -0.05) is 44.9 Å². The van der Waals surface area contributed by atoms with Gasteiger partial charge in [-0.2, -0.15) is 0 Å². The summed E-state index contributed by atoms with van der Waals surface area (Å²) in [7, 11) is 1.69. The van der Waals surface area contributed by atoms with Gasteiger partial charge in [0.05, 0.1) is 25.0 Å². The number of rotatable bonds is 5. The number of ether oxygens (including phenoxy) is 1. The van der Waals surface area contributed by atoms with E-state index in [0.29, 0.717) is 5.92 Å². The first-order valence-electron chi connectivity index (χ1n) is 9.92. The fourth-order valence-electron chi connectivity index (χ4n) is 3.94. The van der Waals surface area contributed by atoms with Crippen molar-refractivity contribution in [3.63, 3.8) is 0 Å². The Bertz CT molecular complexity index is 781. The molecule has 0 saturated heterocycles. The summed E-state index contributed by atoms with van der Waals surface area (Å²) < 4.78 is 5.41. The van der Waals surface area contributed by atoms with Crippen molar-refractivity contribution in [1.29, 1.82) is 0 Å². The molecule has 2 N–H and O–H groups in total. The Labute approximate surface area is 168 Å². The first-order valence-corrected chi connectivity index (χ1v) is 9.92. The molecule has 4 rings (SSSR count). The molecule has 5 heteroatoms. The molecule has 5 nitrogen and oxygen atoms in total. The van der Waals surface area contributed by atoms with E-state index < -0.39 is 0 Å². The largest absolute Gasteiger partial charge is 0.497 e. The van der Waals surface area contributed by atoms with Crippen LogP contribution in [0.5, 0.6) is 5.75 Å². The van der Waals surface area contributed by atoms with Crippen LogP contribution in [0.3, 0.4) is 0 Å². The van der Waals surface area contributed by atoms with Gasteiger partial charge < -0.3 is 10.1 Å². The summed E-state index contributed by atoms with van der Waals surface area (Å²) in [5.74, 6) is 2.35. The van der Waals surface area contributed by atoms with E-state index in [1.54, 1.807) is 7.11 Å². The fourth-order valence-corrected chi connectivity index (χ4v) is 3.94. The van der Waals surface area contributed by atoms with Crippen LogP contribution in [0.1, 0.15) is 51.0 Å². The molecule has 0 unspecified atom stereocenters. The monoisotopic (exact) mass is 380 g/mol. The number of hydrogen-bond donors (Lipinski definition) is 2. The summed E-state index contributed by atoms with van der Waals surface area (Å²) in [6, 6.07) is 17.0. The third-order valence-corrected chi connectivity index (χ3v) is 5.43. The Morgan fingerprint density at radius 1 is 1.04 bits per heavy atom. The molecule has 0 bridgehead atoms. The van der Waals surface area contributed by atoms with E-state index in [4.69, 9.17) is 4.74 Å². The van der Waals surface area contributed by atoms with Gasteiger partial charge in [0.15, 0.2) is 0 Å². The Kier molecular flexibility index (Phi) is 6.80. The van der Waals surface area contributed by atoms with Gasteiger partial charge in [0.25, 0.3) is 0 Å². The number of aliphatic imine (C=N–C) groups is 1. The molecule has 0 atom stereocenters. The molecule has 2 aliphatic rings. The maximum absolute atomic E-state index is 5.41. The van der Waals surface area contributed by atoms with Crippen LogP contribution in [0, 0.1) is 0 Å². The van der Waals surface area contributed by atoms with Crippen molar-refractivity contribution < 1.29 is 4.74 Å². The smallest absolute Gasteiger partial charge is 0.210 e. The number of nitrogens with one attached hydrogen (secondary N) is 2. The van der Waals surface area contributed by atoms with E-state index in [0.717, 1.165) is 36.2 Å². The second-order valence-corrected chi connectivity index (χ2v) is 7.23. The zero-order valence-corrected chi connectivity index (χ0v) is 15.9. The highest BCUT2D eigenvalue weighted by Crippen LogP contribution is 2.34. The van der Waals surface area contributed by atoms with Crippen LogP contribution in [-0.2, 0) is 0 Å². The average Bonchev–Trinajstić information content (AvgIpc) is 3.26. The summed E-state index contributed by atoms with van der Waals surface area (Å²) in [4.78, 5) is 4.48. The minimum Gasteiger partial charge on any atom is -0.497 e. The molecule has 150 valence electrons. The zero-order valence-electron chi connectivity index (χ0n) is 15.9. The fraction of sp³-hybridized carbons (Fsp3) is 0.435. The van der Waals surface area contributed by atoms with E-state index in [1.807, 2.05) is 18.2 Å². The standard InChI is InChI=1S/C22H28N4O.CH4/c1-27-21-9-5-8-20(16-21)26(25-22-23-14-15-24-22)19-12-10-18(11-13-19)17-6-3-2-4-7-17;/h5,8-13,16-17H,2-4,6-7,14-15H2,1H3,(H2,23,24,25);1H4. The first-order chi connectivity index (χ1) is 13.3. The van der Waals surface area contributed by atoms with Crippen molar-refractivity contribution in [2.45, 2.75) is 45.4 Å². The summed E-state index contributed by atoms with van der Waals surface area (Å²) in [5.41, 5.74) is 6.97. The van der Waals surface area contributed by atoms with Gasteiger partial charge in [0.1, 0.15) is 5.75 Å². The van der Waals surface area contributed by atoms with Crippen molar-refractivity contribution in [3.8, 4) is 5.75 Å². The van der Waals surface area contributed by atoms with Crippen LogP contribution in [-0.4, -0.2) is 26.2 Å². The second kappa shape index (κ2) is 9.49. The van der Waals surface area contributed by atoms with Gasteiger partial charge >= 0.3 is 0 Å². The van der Waals surface area contributed by atoms with Crippen LogP contribution in [0.25, 0.3) is 0 Å². The minimum atomic E-state index is 0. The van der Waals surface area contributed by atoms with Gasteiger partial charge in [-0.25, -0.2) is 0 Å². The lowest BCUT2D eigenvalue weighted by Gasteiger charge is -2.28. The summed E-state index contributed by atoms with van der Waals surface area (Å²) >= 11 is 0. The van der Waals surface area contributed by atoms with Crippen molar-refractivity contribution in [3.05, 3.63) is 54.1 Å². The molecule has 0 spiro atoms. The SMILES string of the molecule is C.COc1cccc(N(NC2=NCCN2)c2ccc(C3CCCCC3)cc2)c1. The normalized spacial score (nSPS) is 16.5. The summed E-state index contributed by atoms with van der Waals surface area (Å²) in [6.07, 6.45) is 6.73. The summed E-state index contributed by atoms with van der Waals surface area (Å²) in [6.45, 7) is 1.67. The van der Waals surface area contributed by atoms with Crippen molar-refractivity contribution in [2.75, 3.05) is 25.2 Å². The minimum absolute atomic E-state index is 0. The van der Waals surface area contributed by atoms with Crippen LogP contribution < -0.4 is 20.5 Å². The lowest BCUT2D eigenvalue weighted by atomic mass is 9.84. The van der Waals surface area contributed by atoms with Crippen LogP contribution in [0.15, 0.2) is 53.5 Å². The number of hydrogen-bond acceptors (Lipinski definition) is 5. The molecule has 1 aliphatic carbocycles. The third kappa shape index (κ3) is 4.58. The highest BCUT2D eigenvalue weighted by Gasteiger charge is 2.18. The molecule has 0 amide bonds. The number of methoxy groups -OCH3 is 1. The first kappa shape index (κ1) is 20.1. The van der Waals surface area contributed by atoms with Crippen molar-refractivity contribution in [1.82, 2.24) is 10.7 Å². The van der Waals surface area contributed by atoms with Gasteiger partial charge in [-0.05, 0) is 48.6 Å². The van der Waals surface area contributed by atoms with E-state index >= 15 is 0 Å². The van der Waals surface area contributed by atoms with Gasteiger partial charge in [-0.3, -0.25) is 15.4 Å². The maximum Gasteiger partial charge on any atom is 0.210 e. The topological polar surface area (TPSA) is 48.9 Å². The molecule has 1 heterocycles. The van der Waals surface area contributed by atoms with Crippen LogP contribution >= 0.6 is 0 Å². The van der Waals surface area contributed by atoms with Crippen molar-refractivity contribution >= 4 is 17.3 Å². The molecular formula is C23H32N4O. The average molecular weight is 381 g/mol. The van der Waals surface area contributed by atoms with Crippen LogP contribution in [0.2, 0.25) is 0 Å². The Hall–Kier alpha value is -2.69. The molecule has 2 aromatic carbocycles.